The highest BCUT2D eigenvalue weighted by Gasteiger charge is 2.40. The predicted octanol–water partition coefficient (Wildman–Crippen LogP) is 5.63. The number of hydrazine groups is 1. The Bertz CT molecular complexity index is 1060. The van der Waals surface area contributed by atoms with Crippen LogP contribution in [0, 0.1) is 5.92 Å². The molecule has 12 heteroatoms. The molecule has 0 heterocycles. The summed E-state index contributed by atoms with van der Waals surface area (Å²) in [7, 11) is 0. The van der Waals surface area contributed by atoms with Crippen LogP contribution in [0.4, 0.5) is 31.1 Å². The van der Waals surface area contributed by atoms with E-state index in [1.807, 2.05) is 35.8 Å². The van der Waals surface area contributed by atoms with Gasteiger partial charge in [-0.2, -0.15) is 26.3 Å². The van der Waals surface area contributed by atoms with E-state index in [0.29, 0.717) is 37.8 Å². The third-order valence-corrected chi connectivity index (χ3v) is 6.70. The van der Waals surface area contributed by atoms with Crippen molar-refractivity contribution >= 4 is 11.9 Å². The van der Waals surface area contributed by atoms with Crippen LogP contribution < -0.4 is 16.6 Å². The first-order valence-electron chi connectivity index (χ1n) is 11.5. The molecule has 1 fully saturated rings. The monoisotopic (exact) mass is 531 g/mol. The molecule has 1 aliphatic rings. The SMILES string of the molecule is CC(OCC1(c2ccccc2)CCC(C(=O)NNC(N)=O)CC1)c1cc(C(F)(F)F)cc(C(F)(F)F)c1. The number of carbonyl (C=O) groups excluding carboxylic acids is 2. The molecule has 4 N–H and O–H groups in total. The van der Waals surface area contributed by atoms with Crippen LogP contribution in [-0.2, 0) is 27.3 Å². The van der Waals surface area contributed by atoms with Crippen molar-refractivity contribution in [2.24, 2.45) is 11.7 Å². The Morgan fingerprint density at radius 3 is 2.00 bits per heavy atom. The second kappa shape index (κ2) is 11.0. The molecule has 202 valence electrons. The summed E-state index contributed by atoms with van der Waals surface area (Å²) in [5.41, 5.74) is 6.48. The highest BCUT2D eigenvalue weighted by atomic mass is 19.4. The van der Waals surface area contributed by atoms with E-state index in [-0.39, 0.29) is 18.2 Å². The number of amides is 3. The van der Waals surface area contributed by atoms with Gasteiger partial charge in [0.1, 0.15) is 0 Å². The van der Waals surface area contributed by atoms with Crippen molar-refractivity contribution in [2.45, 2.75) is 56.5 Å². The van der Waals surface area contributed by atoms with Gasteiger partial charge in [0.05, 0.1) is 23.8 Å². The fraction of sp³-hybridized carbons (Fsp3) is 0.440. The number of alkyl halides is 6. The van der Waals surface area contributed by atoms with Crippen molar-refractivity contribution in [1.82, 2.24) is 10.9 Å². The maximum absolute atomic E-state index is 13.3. The molecular formula is C25H27F6N3O3. The lowest BCUT2D eigenvalue weighted by Gasteiger charge is -2.40. The minimum Gasteiger partial charge on any atom is -0.373 e. The zero-order valence-electron chi connectivity index (χ0n) is 19.9. The van der Waals surface area contributed by atoms with Gasteiger partial charge in [0.2, 0.25) is 5.91 Å². The van der Waals surface area contributed by atoms with Gasteiger partial charge < -0.3 is 10.5 Å². The van der Waals surface area contributed by atoms with E-state index in [2.05, 4.69) is 5.43 Å². The number of urea groups is 1. The number of rotatable bonds is 6. The van der Waals surface area contributed by atoms with E-state index < -0.39 is 52.9 Å². The van der Waals surface area contributed by atoms with E-state index in [1.165, 1.54) is 6.92 Å². The Morgan fingerprint density at radius 2 is 1.51 bits per heavy atom. The Morgan fingerprint density at radius 1 is 0.973 bits per heavy atom. The van der Waals surface area contributed by atoms with E-state index in [1.54, 1.807) is 0 Å². The van der Waals surface area contributed by atoms with Gasteiger partial charge in [0.25, 0.3) is 0 Å². The molecule has 0 aromatic heterocycles. The van der Waals surface area contributed by atoms with Crippen LogP contribution in [0.5, 0.6) is 0 Å². The number of ether oxygens (including phenoxy) is 1. The predicted molar refractivity (Wildman–Crippen MR) is 122 cm³/mol. The standard InChI is InChI=1S/C25H27F6N3O3/c1-15(17-11-19(24(26,27)28)13-20(12-17)25(29,30)31)37-14-23(18-5-3-2-4-6-18)9-7-16(8-10-23)21(35)33-34-22(32)36/h2-6,11-13,15-16H,7-10,14H2,1H3,(H,33,35)(H3,32,34,36). The Hall–Kier alpha value is -3.28. The van der Waals surface area contributed by atoms with E-state index in [4.69, 9.17) is 10.5 Å². The lowest BCUT2D eigenvalue weighted by Crippen LogP contribution is -2.48. The second-order valence-electron chi connectivity index (χ2n) is 9.19. The summed E-state index contributed by atoms with van der Waals surface area (Å²) in [4.78, 5) is 23.2. The van der Waals surface area contributed by atoms with Gasteiger partial charge in [0, 0.05) is 11.3 Å². The number of hydrogen-bond acceptors (Lipinski definition) is 3. The molecule has 1 atom stereocenters. The van der Waals surface area contributed by atoms with Gasteiger partial charge in [-0.1, -0.05) is 30.3 Å². The molecule has 0 spiro atoms. The first-order valence-corrected chi connectivity index (χ1v) is 11.5. The molecule has 0 bridgehead atoms. The number of benzene rings is 2. The number of nitrogens with one attached hydrogen (secondary N) is 2. The van der Waals surface area contributed by atoms with Crippen LogP contribution >= 0.6 is 0 Å². The summed E-state index contributed by atoms with van der Waals surface area (Å²) in [6.45, 7) is 1.42. The van der Waals surface area contributed by atoms with Crippen molar-refractivity contribution in [3.8, 4) is 0 Å². The normalized spacial score (nSPS) is 21.2. The van der Waals surface area contributed by atoms with Gasteiger partial charge in [-0.3, -0.25) is 10.2 Å². The van der Waals surface area contributed by atoms with Crippen LogP contribution in [-0.4, -0.2) is 18.5 Å². The van der Waals surface area contributed by atoms with Crippen molar-refractivity contribution < 1.29 is 40.7 Å². The van der Waals surface area contributed by atoms with Gasteiger partial charge in [0.15, 0.2) is 0 Å². The fourth-order valence-corrected chi connectivity index (χ4v) is 4.56. The second-order valence-corrected chi connectivity index (χ2v) is 9.19. The smallest absolute Gasteiger partial charge is 0.373 e. The quantitative estimate of drug-likeness (QED) is 0.333. The zero-order valence-corrected chi connectivity index (χ0v) is 19.9. The summed E-state index contributed by atoms with van der Waals surface area (Å²) < 4.78 is 85.7. The summed E-state index contributed by atoms with van der Waals surface area (Å²) in [5, 5.41) is 0. The number of halogens is 6. The maximum Gasteiger partial charge on any atom is 0.416 e. The zero-order chi connectivity index (χ0) is 27.4. The minimum absolute atomic E-state index is 0.0175. The third-order valence-electron chi connectivity index (χ3n) is 6.70. The Kier molecular flexibility index (Phi) is 8.41. The first-order chi connectivity index (χ1) is 17.2. The molecule has 0 saturated heterocycles. The van der Waals surface area contributed by atoms with Gasteiger partial charge in [-0.25, -0.2) is 10.2 Å². The maximum atomic E-state index is 13.3. The van der Waals surface area contributed by atoms with Crippen LogP contribution in [0.25, 0.3) is 0 Å². The molecule has 37 heavy (non-hydrogen) atoms. The van der Waals surface area contributed by atoms with Crippen LogP contribution in [0.3, 0.4) is 0 Å². The third kappa shape index (κ3) is 7.15. The summed E-state index contributed by atoms with van der Waals surface area (Å²) in [6.07, 6.45) is -9.21. The fourth-order valence-electron chi connectivity index (χ4n) is 4.56. The lowest BCUT2D eigenvalue weighted by atomic mass is 9.67. The molecule has 2 aromatic rings. The number of carbonyl (C=O) groups is 2. The summed E-state index contributed by atoms with van der Waals surface area (Å²) >= 11 is 0. The molecule has 3 rings (SSSR count). The first kappa shape index (κ1) is 28.3. The van der Waals surface area contributed by atoms with Crippen LogP contribution in [0.15, 0.2) is 48.5 Å². The van der Waals surface area contributed by atoms with E-state index in [9.17, 15) is 35.9 Å². The van der Waals surface area contributed by atoms with Gasteiger partial charge >= 0.3 is 18.4 Å². The van der Waals surface area contributed by atoms with Crippen molar-refractivity contribution in [3.63, 3.8) is 0 Å². The molecule has 1 unspecified atom stereocenters. The Labute approximate surface area is 209 Å². The van der Waals surface area contributed by atoms with Crippen LogP contribution in [0.2, 0.25) is 0 Å². The molecule has 0 aliphatic heterocycles. The highest BCUT2D eigenvalue weighted by molar-refractivity contribution is 5.82. The summed E-state index contributed by atoms with van der Waals surface area (Å²) in [5.74, 6) is -0.822. The number of nitrogens with two attached hydrogens (primary N) is 1. The van der Waals surface area contributed by atoms with Crippen molar-refractivity contribution in [1.29, 1.82) is 0 Å². The lowest BCUT2D eigenvalue weighted by molar-refractivity contribution is -0.143. The number of primary amides is 1. The molecule has 1 saturated carbocycles. The molecule has 1 aliphatic carbocycles. The average Bonchev–Trinajstić information content (AvgIpc) is 2.85. The molecular weight excluding hydrogens is 504 g/mol. The topological polar surface area (TPSA) is 93.4 Å². The van der Waals surface area contributed by atoms with E-state index >= 15 is 0 Å². The van der Waals surface area contributed by atoms with E-state index in [0.717, 1.165) is 5.56 Å². The van der Waals surface area contributed by atoms with Gasteiger partial charge in [-0.15, -0.1) is 0 Å². The molecule has 6 nitrogen and oxygen atoms in total. The molecule has 2 aromatic carbocycles. The Balaban J connectivity index is 1.81. The highest BCUT2D eigenvalue weighted by Crippen LogP contribution is 2.43. The van der Waals surface area contributed by atoms with Crippen LogP contribution in [0.1, 0.15) is 61.0 Å². The summed E-state index contributed by atoms with van der Waals surface area (Å²) in [6, 6.07) is 9.71. The molecule has 3 amide bonds. The van der Waals surface area contributed by atoms with Crippen molar-refractivity contribution in [2.75, 3.05) is 6.61 Å². The van der Waals surface area contributed by atoms with Crippen molar-refractivity contribution in [3.05, 3.63) is 70.8 Å². The number of hydrogen-bond donors (Lipinski definition) is 3. The minimum atomic E-state index is -4.96. The van der Waals surface area contributed by atoms with Gasteiger partial charge in [-0.05, 0) is 61.9 Å². The molecule has 0 radical (unpaired) electrons. The average molecular weight is 531 g/mol. The largest absolute Gasteiger partial charge is 0.416 e.